The van der Waals surface area contributed by atoms with Gasteiger partial charge in [-0.1, -0.05) is 12.8 Å². The van der Waals surface area contributed by atoms with Gasteiger partial charge in [-0.3, -0.25) is 0 Å². The van der Waals surface area contributed by atoms with Gasteiger partial charge in [0.1, 0.15) is 14.8 Å². The zero-order valence-corrected chi connectivity index (χ0v) is 8.57. The second kappa shape index (κ2) is 3.54. The Kier molecular flexibility index (Phi) is 2.64. The number of rotatable bonds is 0. The molecule has 0 spiro atoms. The van der Waals surface area contributed by atoms with Crippen molar-refractivity contribution < 1.29 is 4.21 Å². The van der Waals surface area contributed by atoms with Crippen LogP contribution in [0.2, 0.25) is 0 Å². The predicted molar refractivity (Wildman–Crippen MR) is 54.4 cm³/mol. The van der Waals surface area contributed by atoms with Crippen LogP contribution in [-0.4, -0.2) is 18.2 Å². The standard InChI is InChI=1S/C7H10OS3/c8-11-7-9-5-3-1-2-4-6(5)10-7/h5-6H,1-4H2/t5-,6-/m1/s1. The topological polar surface area (TPSA) is 17.1 Å². The lowest BCUT2D eigenvalue weighted by Crippen LogP contribution is -2.19. The van der Waals surface area contributed by atoms with Crippen LogP contribution in [0, 0.1) is 0 Å². The van der Waals surface area contributed by atoms with E-state index in [1.54, 1.807) is 0 Å². The van der Waals surface area contributed by atoms with Crippen LogP contribution < -0.4 is 0 Å². The number of thioether (sulfide) groups is 2. The molecule has 0 aromatic rings. The molecule has 2 atom stereocenters. The molecule has 2 rings (SSSR count). The van der Waals surface area contributed by atoms with Crippen molar-refractivity contribution in [3.05, 3.63) is 0 Å². The Balaban J connectivity index is 2.09. The Bertz CT molecular complexity index is 194. The summed E-state index contributed by atoms with van der Waals surface area (Å²) in [7, 11) is 0. The zero-order valence-electron chi connectivity index (χ0n) is 6.12. The van der Waals surface area contributed by atoms with E-state index in [1.807, 2.05) is 23.5 Å². The molecule has 11 heavy (non-hydrogen) atoms. The van der Waals surface area contributed by atoms with Crippen molar-refractivity contribution in [2.75, 3.05) is 0 Å². The van der Waals surface area contributed by atoms with Gasteiger partial charge >= 0.3 is 0 Å². The molecule has 2 aliphatic rings. The van der Waals surface area contributed by atoms with Gasteiger partial charge < -0.3 is 0 Å². The van der Waals surface area contributed by atoms with Crippen molar-refractivity contribution in [2.24, 2.45) is 0 Å². The van der Waals surface area contributed by atoms with Crippen LogP contribution in [0.25, 0.3) is 0 Å². The van der Waals surface area contributed by atoms with E-state index in [2.05, 4.69) is 0 Å². The molecule has 1 aliphatic carbocycles. The highest BCUT2D eigenvalue weighted by Gasteiger charge is 2.34. The highest BCUT2D eigenvalue weighted by molar-refractivity contribution is 8.48. The summed E-state index contributed by atoms with van der Waals surface area (Å²) in [5, 5.41) is 1.54. The Hall–Kier alpha value is 0.590. The number of fused-ring (bicyclic) bond motifs is 1. The van der Waals surface area contributed by atoms with Gasteiger partial charge in [0.25, 0.3) is 0 Å². The average Bonchev–Trinajstić information content (AvgIpc) is 2.46. The molecule has 0 bridgehead atoms. The van der Waals surface area contributed by atoms with E-state index in [9.17, 15) is 4.21 Å². The van der Waals surface area contributed by atoms with Gasteiger partial charge in [-0.2, -0.15) is 0 Å². The second-order valence-corrected chi connectivity index (χ2v) is 6.78. The van der Waals surface area contributed by atoms with E-state index < -0.39 is 0 Å². The summed E-state index contributed by atoms with van der Waals surface area (Å²) < 4.78 is 11.6. The summed E-state index contributed by atoms with van der Waals surface area (Å²) in [6, 6.07) is 0. The van der Waals surface area contributed by atoms with Crippen molar-refractivity contribution in [2.45, 2.75) is 36.2 Å². The molecule has 0 N–H and O–H groups in total. The first-order valence-electron chi connectivity index (χ1n) is 3.90. The van der Waals surface area contributed by atoms with E-state index in [4.69, 9.17) is 0 Å². The number of hydrogen-bond donors (Lipinski definition) is 0. The highest BCUT2D eigenvalue weighted by atomic mass is 32.2. The van der Waals surface area contributed by atoms with Gasteiger partial charge in [0.15, 0.2) is 0 Å². The van der Waals surface area contributed by atoms with Crippen molar-refractivity contribution in [3.63, 3.8) is 0 Å². The third-order valence-electron chi connectivity index (χ3n) is 2.21. The molecule has 1 heterocycles. The Morgan fingerprint density at radius 2 is 1.73 bits per heavy atom. The van der Waals surface area contributed by atoms with Crippen LogP contribution in [0.4, 0.5) is 0 Å². The third-order valence-corrected chi connectivity index (χ3v) is 6.20. The molecule has 0 aromatic carbocycles. The first-order chi connectivity index (χ1) is 5.40. The van der Waals surface area contributed by atoms with Crippen LogP contribution in [0.1, 0.15) is 25.7 Å². The lowest BCUT2D eigenvalue weighted by Gasteiger charge is -2.21. The molecule has 1 aliphatic heterocycles. The van der Waals surface area contributed by atoms with Crippen molar-refractivity contribution >= 4 is 38.3 Å². The molecule has 1 nitrogen and oxygen atoms in total. The summed E-state index contributed by atoms with van der Waals surface area (Å²) in [4.78, 5) is 0. The molecular weight excluding hydrogens is 196 g/mol. The maximum absolute atomic E-state index is 10.5. The molecule has 62 valence electrons. The molecule has 0 amide bonds. The minimum absolute atomic E-state index is 0.691. The summed E-state index contributed by atoms with van der Waals surface area (Å²) >= 11 is 4.34. The molecule has 2 fully saturated rings. The Morgan fingerprint density at radius 3 is 2.18 bits per heavy atom. The fraction of sp³-hybridized carbons (Fsp3) is 0.857. The highest BCUT2D eigenvalue weighted by Crippen LogP contribution is 2.45. The summed E-state index contributed by atoms with van der Waals surface area (Å²) in [5.74, 6) is 0. The maximum atomic E-state index is 10.5. The van der Waals surface area contributed by atoms with Gasteiger partial charge in [0, 0.05) is 10.5 Å². The summed E-state index contributed by atoms with van der Waals surface area (Å²) in [6.07, 6.45) is 5.38. The molecule has 0 aromatic heterocycles. The quantitative estimate of drug-likeness (QED) is 0.565. The first kappa shape index (κ1) is 8.20. The van der Waals surface area contributed by atoms with Gasteiger partial charge in [-0.15, -0.1) is 23.5 Å². The van der Waals surface area contributed by atoms with Gasteiger partial charge in [-0.05, 0) is 12.8 Å². The van der Waals surface area contributed by atoms with E-state index in [0.29, 0.717) is 11.3 Å². The molecule has 1 saturated carbocycles. The lowest BCUT2D eigenvalue weighted by molar-refractivity contribution is 0.532. The van der Waals surface area contributed by atoms with E-state index in [0.717, 1.165) is 14.0 Å². The monoisotopic (exact) mass is 206 g/mol. The molecule has 4 heteroatoms. The maximum Gasteiger partial charge on any atom is 0.135 e. The minimum atomic E-state index is 0.691. The van der Waals surface area contributed by atoms with Crippen LogP contribution in [0.15, 0.2) is 0 Å². The fourth-order valence-corrected chi connectivity index (χ4v) is 5.64. The van der Waals surface area contributed by atoms with Crippen LogP contribution in [0.5, 0.6) is 0 Å². The first-order valence-corrected chi connectivity index (χ1v) is 6.40. The normalized spacial score (nSPS) is 36.9. The van der Waals surface area contributed by atoms with Crippen LogP contribution in [0.3, 0.4) is 0 Å². The van der Waals surface area contributed by atoms with Crippen molar-refractivity contribution in [1.82, 2.24) is 0 Å². The third kappa shape index (κ3) is 1.68. The molecular formula is C7H10OS3. The van der Waals surface area contributed by atoms with Crippen molar-refractivity contribution in [3.8, 4) is 0 Å². The van der Waals surface area contributed by atoms with Gasteiger partial charge in [0.05, 0.1) is 0 Å². The van der Waals surface area contributed by atoms with E-state index >= 15 is 0 Å². The largest absolute Gasteiger partial charge is 0.211 e. The molecule has 1 saturated heterocycles. The SMILES string of the molecule is O=S=C1S[C@@H]2CCCC[C@H]2S1. The van der Waals surface area contributed by atoms with E-state index in [-0.39, 0.29) is 0 Å². The molecule has 0 radical (unpaired) electrons. The van der Waals surface area contributed by atoms with Crippen LogP contribution in [-0.2, 0) is 11.3 Å². The predicted octanol–water partition coefficient (Wildman–Crippen LogP) is 2.08. The summed E-state index contributed by atoms with van der Waals surface area (Å²) in [5.41, 5.74) is 0. The Labute approximate surface area is 78.8 Å². The minimum Gasteiger partial charge on any atom is -0.211 e. The zero-order chi connectivity index (χ0) is 7.68. The summed E-state index contributed by atoms with van der Waals surface area (Å²) in [6.45, 7) is 0. The van der Waals surface area contributed by atoms with Crippen molar-refractivity contribution in [1.29, 1.82) is 0 Å². The van der Waals surface area contributed by atoms with Crippen LogP contribution >= 0.6 is 23.5 Å². The molecule has 0 unspecified atom stereocenters. The number of hydrogen-bond acceptors (Lipinski definition) is 3. The average molecular weight is 206 g/mol. The Morgan fingerprint density at radius 1 is 1.18 bits per heavy atom. The van der Waals surface area contributed by atoms with E-state index in [1.165, 1.54) is 25.7 Å². The van der Waals surface area contributed by atoms with Gasteiger partial charge in [0.2, 0.25) is 0 Å². The fourth-order valence-electron chi connectivity index (χ4n) is 1.65. The lowest BCUT2D eigenvalue weighted by atomic mass is 10.00. The second-order valence-electron chi connectivity index (χ2n) is 2.93. The smallest absolute Gasteiger partial charge is 0.135 e. The van der Waals surface area contributed by atoms with Gasteiger partial charge in [-0.25, -0.2) is 4.21 Å².